The number of nitrogens with zero attached hydrogens (tertiary/aromatic N) is 2. The summed E-state index contributed by atoms with van der Waals surface area (Å²) in [6, 6.07) is 14.0. The van der Waals surface area contributed by atoms with Crippen LogP contribution < -0.4 is 10.7 Å². The molecule has 0 unspecified atom stereocenters. The monoisotopic (exact) mass is 295 g/mol. The summed E-state index contributed by atoms with van der Waals surface area (Å²) < 4.78 is 11.7. The Morgan fingerprint density at radius 2 is 2.00 bits per heavy atom. The Labute approximate surface area is 127 Å². The average molecular weight is 295 g/mol. The largest absolute Gasteiger partial charge is 0.343 e. The molecule has 2 heterocycles. The van der Waals surface area contributed by atoms with Crippen LogP contribution in [0.5, 0.6) is 0 Å². The van der Waals surface area contributed by atoms with Gasteiger partial charge in [-0.2, -0.15) is 10.5 Å². The van der Waals surface area contributed by atoms with Crippen molar-refractivity contribution in [2.45, 2.75) is 24.9 Å². The van der Waals surface area contributed by atoms with Gasteiger partial charge in [0.05, 0.1) is 24.8 Å². The first-order chi connectivity index (χ1) is 10.6. The maximum atomic E-state index is 9.95. The van der Waals surface area contributed by atoms with Gasteiger partial charge in [-0.05, 0) is 12.5 Å². The highest BCUT2D eigenvalue weighted by Crippen LogP contribution is 2.79. The standard InChI is InChI=1S/C16H14N4O2/c1-10-7-21-16(22-10)15(9-18)12(11-5-3-2-4-6-11)14(15,8-17)13(19)20-16/h2-6,10,12H,7H2,1H3,(H2,19,20)/p+1/t10-,12-,14-,15-,16-/m1/s1. The first-order valence-electron chi connectivity index (χ1n) is 7.18. The SMILES string of the molecule is C[C@@H]1CO[C@@]2([NH+]=C(N)[C@@]3(C#N)[C@@H](c4ccccc4)[C@@]23C#N)O1. The van der Waals surface area contributed by atoms with E-state index < -0.39 is 16.7 Å². The number of nitriles is 2. The van der Waals surface area contributed by atoms with Gasteiger partial charge in [-0.1, -0.05) is 30.3 Å². The molecule has 1 aromatic rings. The third-order valence-corrected chi connectivity index (χ3v) is 5.02. The highest BCUT2D eigenvalue weighted by Gasteiger charge is 2.97. The topological polar surface area (TPSA) is 106 Å². The molecule has 4 rings (SSSR count). The molecule has 3 aliphatic rings. The second kappa shape index (κ2) is 3.86. The second-order valence-corrected chi connectivity index (χ2v) is 6.08. The van der Waals surface area contributed by atoms with Crippen LogP contribution in [0.3, 0.4) is 0 Å². The maximum Gasteiger partial charge on any atom is 0.343 e. The molecular formula is C16H15N4O2+. The number of nitrogens with one attached hydrogen (secondary N) is 1. The van der Waals surface area contributed by atoms with Crippen molar-refractivity contribution >= 4 is 5.84 Å². The first-order valence-corrected chi connectivity index (χ1v) is 7.18. The fraction of sp³-hybridized carbons (Fsp3) is 0.438. The molecule has 0 radical (unpaired) electrons. The number of ether oxygens (including phenoxy) is 2. The number of fused-ring (bicyclic) bond motifs is 2. The maximum absolute atomic E-state index is 9.95. The molecule has 22 heavy (non-hydrogen) atoms. The van der Waals surface area contributed by atoms with E-state index in [-0.39, 0.29) is 17.9 Å². The number of hydrogen-bond donors (Lipinski definition) is 2. The van der Waals surface area contributed by atoms with Gasteiger partial charge in [0.15, 0.2) is 10.8 Å². The predicted molar refractivity (Wildman–Crippen MR) is 74.7 cm³/mol. The Hall–Kier alpha value is -2.41. The van der Waals surface area contributed by atoms with E-state index in [9.17, 15) is 10.5 Å². The molecule has 1 spiro atoms. The Morgan fingerprint density at radius 3 is 2.55 bits per heavy atom. The van der Waals surface area contributed by atoms with Gasteiger partial charge in [-0.3, -0.25) is 5.73 Å². The third-order valence-electron chi connectivity index (χ3n) is 5.02. The van der Waals surface area contributed by atoms with Crippen molar-refractivity contribution < 1.29 is 14.5 Å². The minimum atomic E-state index is -1.35. The summed E-state index contributed by atoms with van der Waals surface area (Å²) in [4.78, 5) is 2.95. The summed E-state index contributed by atoms with van der Waals surface area (Å²) in [5.74, 6) is -1.47. The van der Waals surface area contributed by atoms with Gasteiger partial charge in [-0.15, -0.1) is 0 Å². The van der Waals surface area contributed by atoms with Crippen LogP contribution in [0.2, 0.25) is 0 Å². The average Bonchev–Trinajstić information content (AvgIpc) is 2.93. The fourth-order valence-electron chi connectivity index (χ4n) is 4.11. The molecule has 6 nitrogen and oxygen atoms in total. The molecule has 1 aliphatic carbocycles. The van der Waals surface area contributed by atoms with Crippen LogP contribution in [0.4, 0.5) is 0 Å². The van der Waals surface area contributed by atoms with E-state index in [0.29, 0.717) is 6.61 Å². The first kappa shape index (κ1) is 13.3. The van der Waals surface area contributed by atoms with Gasteiger partial charge in [-0.25, -0.2) is 4.99 Å². The second-order valence-electron chi connectivity index (χ2n) is 6.08. The molecule has 110 valence electrons. The summed E-state index contributed by atoms with van der Waals surface area (Å²) in [7, 11) is 0. The Kier molecular flexibility index (Phi) is 2.33. The van der Waals surface area contributed by atoms with Crippen LogP contribution in [0.25, 0.3) is 0 Å². The summed E-state index contributed by atoms with van der Waals surface area (Å²) in [6.07, 6.45) is -0.169. The summed E-state index contributed by atoms with van der Waals surface area (Å²) in [6.45, 7) is 2.22. The highest BCUT2D eigenvalue weighted by molar-refractivity contribution is 5.95. The van der Waals surface area contributed by atoms with E-state index in [1.807, 2.05) is 37.3 Å². The molecular weight excluding hydrogens is 280 g/mol. The van der Waals surface area contributed by atoms with Crippen molar-refractivity contribution in [2.24, 2.45) is 16.6 Å². The number of amidine groups is 1. The molecule has 1 saturated heterocycles. The molecule has 0 bridgehead atoms. The van der Waals surface area contributed by atoms with Crippen molar-refractivity contribution in [3.05, 3.63) is 35.9 Å². The summed E-state index contributed by atoms with van der Waals surface area (Å²) >= 11 is 0. The molecule has 2 aliphatic heterocycles. The Morgan fingerprint density at radius 1 is 1.27 bits per heavy atom. The van der Waals surface area contributed by atoms with E-state index in [1.165, 1.54) is 0 Å². The van der Waals surface area contributed by atoms with Crippen LogP contribution >= 0.6 is 0 Å². The van der Waals surface area contributed by atoms with Crippen LogP contribution in [0, 0.1) is 33.5 Å². The third kappa shape index (κ3) is 1.13. The predicted octanol–water partition coefficient (Wildman–Crippen LogP) is -0.656. The fourth-order valence-corrected chi connectivity index (χ4v) is 4.11. The lowest BCUT2D eigenvalue weighted by molar-refractivity contribution is -0.677. The smallest absolute Gasteiger partial charge is 0.311 e. The van der Waals surface area contributed by atoms with Gasteiger partial charge in [0.25, 0.3) is 5.84 Å². The van der Waals surface area contributed by atoms with Crippen molar-refractivity contribution in [1.29, 1.82) is 10.5 Å². The van der Waals surface area contributed by atoms with Crippen molar-refractivity contribution in [3.63, 3.8) is 0 Å². The van der Waals surface area contributed by atoms with Gasteiger partial charge in [0.2, 0.25) is 0 Å². The van der Waals surface area contributed by atoms with Gasteiger partial charge in [0, 0.05) is 5.92 Å². The van der Waals surface area contributed by atoms with Crippen LogP contribution in [0.15, 0.2) is 30.3 Å². The minimum Gasteiger partial charge on any atom is -0.311 e. The van der Waals surface area contributed by atoms with E-state index in [4.69, 9.17) is 15.2 Å². The van der Waals surface area contributed by atoms with Gasteiger partial charge < -0.3 is 9.47 Å². The molecule has 1 saturated carbocycles. The number of rotatable bonds is 1. The van der Waals surface area contributed by atoms with Gasteiger partial charge in [0.1, 0.15) is 0 Å². The van der Waals surface area contributed by atoms with E-state index >= 15 is 0 Å². The molecule has 5 atom stereocenters. The van der Waals surface area contributed by atoms with Crippen LogP contribution in [0.1, 0.15) is 18.4 Å². The number of nitrogens with two attached hydrogens (primary N) is 1. The zero-order valence-electron chi connectivity index (χ0n) is 12.0. The Bertz CT molecular complexity index is 765. The van der Waals surface area contributed by atoms with Crippen molar-refractivity contribution in [2.75, 3.05) is 6.61 Å². The van der Waals surface area contributed by atoms with Crippen molar-refractivity contribution in [3.8, 4) is 12.1 Å². The molecule has 0 amide bonds. The van der Waals surface area contributed by atoms with E-state index in [2.05, 4.69) is 17.1 Å². The lowest BCUT2D eigenvalue weighted by Gasteiger charge is -2.23. The minimum absolute atomic E-state index is 0.169. The van der Waals surface area contributed by atoms with Crippen molar-refractivity contribution in [1.82, 2.24) is 0 Å². The van der Waals surface area contributed by atoms with Crippen LogP contribution in [-0.4, -0.2) is 24.5 Å². The van der Waals surface area contributed by atoms with Gasteiger partial charge >= 0.3 is 5.91 Å². The quantitative estimate of drug-likeness (QED) is 0.715. The lowest BCUT2D eigenvalue weighted by Crippen LogP contribution is -2.90. The van der Waals surface area contributed by atoms with Crippen LogP contribution in [-0.2, 0) is 9.47 Å². The van der Waals surface area contributed by atoms with E-state index in [1.54, 1.807) is 0 Å². The Balaban J connectivity index is 1.93. The molecule has 0 aromatic heterocycles. The zero-order valence-corrected chi connectivity index (χ0v) is 12.0. The molecule has 6 heteroatoms. The summed E-state index contributed by atoms with van der Waals surface area (Å²) in [5, 5.41) is 19.8. The normalized spacial score (nSPS) is 45.0. The number of hydrogen-bond acceptors (Lipinski definition) is 5. The number of benzene rings is 1. The van der Waals surface area contributed by atoms with E-state index in [0.717, 1.165) is 5.56 Å². The molecule has 3 N–H and O–H groups in total. The zero-order chi connectivity index (χ0) is 15.6. The summed E-state index contributed by atoms with van der Waals surface area (Å²) in [5.41, 5.74) is 4.71. The lowest BCUT2D eigenvalue weighted by atomic mass is 9.94. The molecule has 1 aromatic carbocycles. The highest BCUT2D eigenvalue weighted by atomic mass is 16.8. The molecule has 2 fully saturated rings.